The normalized spacial score (nSPS) is 16.6. The SMILES string of the molecule is CCNc1ncc(CN(C)CCN2CCCC2)s1. The molecule has 102 valence electrons. The van der Waals surface area contributed by atoms with Crippen LogP contribution >= 0.6 is 11.3 Å². The molecule has 1 aromatic heterocycles. The predicted molar refractivity (Wildman–Crippen MR) is 78.3 cm³/mol. The maximum atomic E-state index is 4.37. The van der Waals surface area contributed by atoms with Crippen molar-refractivity contribution in [2.45, 2.75) is 26.3 Å². The number of thiazole rings is 1. The molecule has 2 rings (SSSR count). The molecule has 5 heteroatoms. The molecule has 0 aromatic carbocycles. The molecule has 0 bridgehead atoms. The first-order chi connectivity index (χ1) is 8.78. The van der Waals surface area contributed by atoms with Gasteiger partial charge in [0.15, 0.2) is 5.13 Å². The third-order valence-corrected chi connectivity index (χ3v) is 4.24. The number of nitrogens with zero attached hydrogens (tertiary/aromatic N) is 3. The van der Waals surface area contributed by atoms with Gasteiger partial charge in [-0.05, 0) is 39.9 Å². The molecule has 1 fully saturated rings. The van der Waals surface area contributed by atoms with E-state index in [1.165, 1.54) is 37.4 Å². The second kappa shape index (κ2) is 7.07. The highest BCUT2D eigenvalue weighted by molar-refractivity contribution is 7.15. The highest BCUT2D eigenvalue weighted by Gasteiger charge is 2.12. The van der Waals surface area contributed by atoms with Crippen molar-refractivity contribution in [1.82, 2.24) is 14.8 Å². The Balaban J connectivity index is 1.70. The van der Waals surface area contributed by atoms with E-state index in [2.05, 4.69) is 34.1 Å². The summed E-state index contributed by atoms with van der Waals surface area (Å²) in [5, 5.41) is 4.30. The first-order valence-electron chi connectivity index (χ1n) is 6.87. The van der Waals surface area contributed by atoms with Crippen LogP contribution < -0.4 is 5.32 Å². The Kier molecular flexibility index (Phi) is 5.41. The average molecular weight is 268 g/mol. The molecule has 0 aliphatic carbocycles. The van der Waals surface area contributed by atoms with Gasteiger partial charge in [-0.3, -0.25) is 4.90 Å². The monoisotopic (exact) mass is 268 g/mol. The third kappa shape index (κ3) is 4.23. The summed E-state index contributed by atoms with van der Waals surface area (Å²) < 4.78 is 0. The van der Waals surface area contributed by atoms with Crippen LogP contribution in [-0.4, -0.2) is 54.6 Å². The molecule has 0 radical (unpaired) electrons. The summed E-state index contributed by atoms with van der Waals surface area (Å²) in [4.78, 5) is 10.7. The summed E-state index contributed by atoms with van der Waals surface area (Å²) in [5.74, 6) is 0. The van der Waals surface area contributed by atoms with Crippen LogP contribution in [0.3, 0.4) is 0 Å². The van der Waals surface area contributed by atoms with Gasteiger partial charge in [-0.2, -0.15) is 0 Å². The lowest BCUT2D eigenvalue weighted by Crippen LogP contribution is -2.30. The minimum absolute atomic E-state index is 0.942. The molecule has 1 N–H and O–H groups in total. The van der Waals surface area contributed by atoms with Gasteiger partial charge in [-0.15, -0.1) is 11.3 Å². The number of likely N-dealkylation sites (tertiary alicyclic amines) is 1. The van der Waals surface area contributed by atoms with E-state index in [-0.39, 0.29) is 0 Å². The molecule has 4 nitrogen and oxygen atoms in total. The van der Waals surface area contributed by atoms with Gasteiger partial charge in [0, 0.05) is 37.3 Å². The summed E-state index contributed by atoms with van der Waals surface area (Å²) in [6.45, 7) is 8.99. The van der Waals surface area contributed by atoms with Crippen LogP contribution in [0.4, 0.5) is 5.13 Å². The molecule has 1 aliphatic heterocycles. The summed E-state index contributed by atoms with van der Waals surface area (Å²) in [6, 6.07) is 0. The second-order valence-electron chi connectivity index (χ2n) is 4.95. The van der Waals surface area contributed by atoms with E-state index in [0.717, 1.165) is 24.8 Å². The van der Waals surface area contributed by atoms with E-state index >= 15 is 0 Å². The van der Waals surface area contributed by atoms with E-state index in [1.54, 1.807) is 11.3 Å². The Bertz CT molecular complexity index is 347. The van der Waals surface area contributed by atoms with Gasteiger partial charge < -0.3 is 10.2 Å². The van der Waals surface area contributed by atoms with Crippen molar-refractivity contribution in [1.29, 1.82) is 0 Å². The third-order valence-electron chi connectivity index (χ3n) is 3.30. The van der Waals surface area contributed by atoms with E-state index in [0.29, 0.717) is 0 Å². The quantitative estimate of drug-likeness (QED) is 0.820. The minimum Gasteiger partial charge on any atom is -0.362 e. The Morgan fingerprint density at radius 2 is 2.22 bits per heavy atom. The molecule has 0 saturated carbocycles. The van der Waals surface area contributed by atoms with Crippen molar-refractivity contribution in [3.8, 4) is 0 Å². The van der Waals surface area contributed by atoms with Crippen molar-refractivity contribution >= 4 is 16.5 Å². The molecule has 0 atom stereocenters. The number of anilines is 1. The van der Waals surface area contributed by atoms with Gasteiger partial charge in [0.2, 0.25) is 0 Å². The average Bonchev–Trinajstić information content (AvgIpc) is 2.99. The minimum atomic E-state index is 0.942. The molecule has 2 heterocycles. The molecule has 0 spiro atoms. The van der Waals surface area contributed by atoms with Gasteiger partial charge in [0.05, 0.1) is 0 Å². The molecular formula is C13H24N4S. The Labute approximate surface area is 114 Å². The zero-order valence-corrected chi connectivity index (χ0v) is 12.3. The van der Waals surface area contributed by atoms with Crippen molar-refractivity contribution in [3.05, 3.63) is 11.1 Å². The molecule has 18 heavy (non-hydrogen) atoms. The van der Waals surface area contributed by atoms with Gasteiger partial charge in [0.1, 0.15) is 0 Å². The highest BCUT2D eigenvalue weighted by Crippen LogP contribution is 2.19. The van der Waals surface area contributed by atoms with Crippen molar-refractivity contribution in [2.75, 3.05) is 45.1 Å². The zero-order valence-electron chi connectivity index (χ0n) is 11.5. The number of likely N-dealkylation sites (N-methyl/N-ethyl adjacent to an activating group) is 1. The maximum Gasteiger partial charge on any atom is 0.182 e. The van der Waals surface area contributed by atoms with Crippen LogP contribution in [0.2, 0.25) is 0 Å². The number of hydrogen-bond donors (Lipinski definition) is 1. The maximum absolute atomic E-state index is 4.37. The number of nitrogens with one attached hydrogen (secondary N) is 1. The smallest absolute Gasteiger partial charge is 0.182 e. The highest BCUT2D eigenvalue weighted by atomic mass is 32.1. The van der Waals surface area contributed by atoms with Crippen LogP contribution in [0.5, 0.6) is 0 Å². The first kappa shape index (κ1) is 13.8. The molecule has 1 aromatic rings. The second-order valence-corrected chi connectivity index (χ2v) is 6.06. The lowest BCUT2D eigenvalue weighted by atomic mass is 10.4. The number of hydrogen-bond acceptors (Lipinski definition) is 5. The van der Waals surface area contributed by atoms with Crippen LogP contribution in [0, 0.1) is 0 Å². The summed E-state index contributed by atoms with van der Waals surface area (Å²) in [5.41, 5.74) is 0. The van der Waals surface area contributed by atoms with E-state index in [9.17, 15) is 0 Å². The Morgan fingerprint density at radius 3 is 2.94 bits per heavy atom. The zero-order chi connectivity index (χ0) is 12.8. The first-order valence-corrected chi connectivity index (χ1v) is 7.69. The summed E-state index contributed by atoms with van der Waals surface area (Å²) in [6.07, 6.45) is 4.75. The number of aromatic nitrogens is 1. The molecular weight excluding hydrogens is 244 g/mol. The summed E-state index contributed by atoms with van der Waals surface area (Å²) in [7, 11) is 2.20. The summed E-state index contributed by atoms with van der Waals surface area (Å²) >= 11 is 1.77. The molecule has 1 saturated heterocycles. The lowest BCUT2D eigenvalue weighted by Gasteiger charge is -2.20. The Morgan fingerprint density at radius 1 is 1.44 bits per heavy atom. The van der Waals surface area contributed by atoms with Gasteiger partial charge in [-0.1, -0.05) is 0 Å². The fourth-order valence-electron chi connectivity index (χ4n) is 2.28. The van der Waals surface area contributed by atoms with Gasteiger partial charge in [-0.25, -0.2) is 4.98 Å². The standard InChI is InChI=1S/C13H24N4S/c1-3-14-13-15-10-12(18-13)11-16(2)8-9-17-6-4-5-7-17/h10H,3-9,11H2,1-2H3,(H,14,15). The van der Waals surface area contributed by atoms with Crippen LogP contribution in [-0.2, 0) is 6.54 Å². The number of rotatable bonds is 7. The van der Waals surface area contributed by atoms with E-state index in [4.69, 9.17) is 0 Å². The fraction of sp³-hybridized carbons (Fsp3) is 0.769. The van der Waals surface area contributed by atoms with E-state index in [1.807, 2.05) is 6.20 Å². The predicted octanol–water partition coefficient (Wildman–Crippen LogP) is 2.10. The molecule has 1 aliphatic rings. The van der Waals surface area contributed by atoms with Gasteiger partial charge >= 0.3 is 0 Å². The molecule has 0 amide bonds. The van der Waals surface area contributed by atoms with Crippen LogP contribution in [0.25, 0.3) is 0 Å². The van der Waals surface area contributed by atoms with Crippen molar-refractivity contribution in [3.63, 3.8) is 0 Å². The largest absolute Gasteiger partial charge is 0.362 e. The van der Waals surface area contributed by atoms with E-state index < -0.39 is 0 Å². The van der Waals surface area contributed by atoms with Crippen LogP contribution in [0.15, 0.2) is 6.20 Å². The molecule has 0 unspecified atom stereocenters. The van der Waals surface area contributed by atoms with Gasteiger partial charge in [0.25, 0.3) is 0 Å². The lowest BCUT2D eigenvalue weighted by molar-refractivity contribution is 0.253. The van der Waals surface area contributed by atoms with Crippen molar-refractivity contribution in [2.24, 2.45) is 0 Å². The topological polar surface area (TPSA) is 31.4 Å². The van der Waals surface area contributed by atoms with Crippen molar-refractivity contribution < 1.29 is 0 Å². The Hall–Kier alpha value is -0.650. The fourth-order valence-corrected chi connectivity index (χ4v) is 3.24. The van der Waals surface area contributed by atoms with Crippen LogP contribution in [0.1, 0.15) is 24.6 Å².